The maximum absolute atomic E-state index is 12.3. The van der Waals surface area contributed by atoms with Crippen molar-refractivity contribution in [2.45, 2.75) is 65.9 Å². The molecule has 0 bridgehead atoms. The number of esters is 1. The number of anilines is 1. The third-order valence-corrected chi connectivity index (χ3v) is 6.97. The fourth-order valence-electron chi connectivity index (χ4n) is 4.68. The van der Waals surface area contributed by atoms with E-state index < -0.39 is 5.60 Å². The van der Waals surface area contributed by atoms with Crippen LogP contribution in [0.1, 0.15) is 54.5 Å². The largest absolute Gasteiger partial charge is 0.489 e. The molecule has 1 aliphatic heterocycles. The molecule has 0 fully saturated rings. The maximum Gasteiger partial charge on any atom is 0.308 e. The number of amides is 1. The summed E-state index contributed by atoms with van der Waals surface area (Å²) in [6, 6.07) is 17.4. The lowest BCUT2D eigenvalue weighted by Gasteiger charge is -2.37. The molecule has 1 heterocycles. The van der Waals surface area contributed by atoms with Gasteiger partial charge in [-0.05, 0) is 93.5 Å². The fraction of sp³-hybridized carbons (Fsp3) is 0.355. The second-order valence-corrected chi connectivity index (χ2v) is 10.0. The van der Waals surface area contributed by atoms with Crippen LogP contribution in [0, 0.1) is 20.8 Å². The lowest BCUT2D eigenvalue weighted by atomic mass is 9.87. The van der Waals surface area contributed by atoms with Crippen molar-refractivity contribution in [1.29, 1.82) is 0 Å². The molecule has 194 valence electrons. The Morgan fingerprint density at radius 3 is 2.35 bits per heavy atom. The Labute approximate surface area is 218 Å². The van der Waals surface area contributed by atoms with Gasteiger partial charge in [-0.2, -0.15) is 0 Å². The lowest BCUT2D eigenvalue weighted by Crippen LogP contribution is -2.42. The van der Waals surface area contributed by atoms with Gasteiger partial charge in [0, 0.05) is 24.6 Å². The molecule has 4 rings (SSSR count). The van der Waals surface area contributed by atoms with Crippen LogP contribution in [-0.2, 0) is 22.4 Å². The normalized spacial score (nSPS) is 16.4. The minimum atomic E-state index is -0.496. The molecule has 1 unspecified atom stereocenters. The highest BCUT2D eigenvalue weighted by molar-refractivity contribution is 5.90. The summed E-state index contributed by atoms with van der Waals surface area (Å²) in [4.78, 5) is 23.9. The van der Waals surface area contributed by atoms with Crippen LogP contribution in [-0.4, -0.2) is 24.1 Å². The first-order chi connectivity index (χ1) is 17.6. The number of fused-ring (bicyclic) bond motifs is 1. The third-order valence-electron chi connectivity index (χ3n) is 6.97. The number of carbonyl (C=O) groups excluding carboxylic acids is 2. The maximum atomic E-state index is 12.3. The molecular formula is C31H35NO5. The predicted molar refractivity (Wildman–Crippen MR) is 145 cm³/mol. The summed E-state index contributed by atoms with van der Waals surface area (Å²) in [5.41, 5.74) is 5.33. The molecule has 37 heavy (non-hydrogen) atoms. The molecule has 1 aliphatic rings. The highest BCUT2D eigenvalue weighted by atomic mass is 16.5. The van der Waals surface area contributed by atoms with Crippen LogP contribution in [0.4, 0.5) is 5.69 Å². The number of hydrogen-bond acceptors (Lipinski definition) is 5. The number of rotatable bonds is 8. The number of ether oxygens (including phenoxy) is 3. The van der Waals surface area contributed by atoms with Crippen LogP contribution >= 0.6 is 0 Å². The summed E-state index contributed by atoms with van der Waals surface area (Å²) in [5, 5.41) is 2.95. The first kappa shape index (κ1) is 26.3. The zero-order valence-electron chi connectivity index (χ0n) is 22.3. The Kier molecular flexibility index (Phi) is 7.86. The summed E-state index contributed by atoms with van der Waals surface area (Å²) >= 11 is 0. The minimum absolute atomic E-state index is 0.0166. The van der Waals surface area contributed by atoms with E-state index in [4.69, 9.17) is 14.2 Å². The predicted octanol–water partition coefficient (Wildman–Crippen LogP) is 6.27. The van der Waals surface area contributed by atoms with E-state index >= 15 is 0 Å². The number of hydrogen-bond donors (Lipinski definition) is 1. The Balaban J connectivity index is 1.35. The van der Waals surface area contributed by atoms with Gasteiger partial charge in [0.1, 0.15) is 29.5 Å². The van der Waals surface area contributed by atoms with Crippen LogP contribution in [0.15, 0.2) is 54.6 Å². The summed E-state index contributed by atoms with van der Waals surface area (Å²) in [7, 11) is 0. The van der Waals surface area contributed by atoms with E-state index in [0.717, 1.165) is 52.1 Å². The van der Waals surface area contributed by atoms with E-state index in [2.05, 4.69) is 12.2 Å². The third kappa shape index (κ3) is 6.31. The summed E-state index contributed by atoms with van der Waals surface area (Å²) < 4.78 is 18.1. The van der Waals surface area contributed by atoms with Crippen LogP contribution in [0.5, 0.6) is 17.2 Å². The zero-order chi connectivity index (χ0) is 26.6. The standard InChI is InChI=1S/C31H35NO5/c1-20-21(2)30-27(22(3)29(20)36-23(4)33)17-18-31(5,37-30)19-35-26-14-12-25(13-15-26)32-28(34)16-11-24-9-7-6-8-10-24/h6-10,12-15H,11,16-19H2,1-5H3,(H,32,34). The van der Waals surface area contributed by atoms with Crippen molar-refractivity contribution in [2.24, 2.45) is 0 Å². The Hall–Kier alpha value is -3.80. The summed E-state index contributed by atoms with van der Waals surface area (Å²) in [5.74, 6) is 1.87. The molecule has 6 heteroatoms. The molecule has 0 aromatic heterocycles. The average molecular weight is 502 g/mol. The molecule has 3 aromatic rings. The number of nitrogens with one attached hydrogen (secondary N) is 1. The first-order valence-electron chi connectivity index (χ1n) is 12.7. The van der Waals surface area contributed by atoms with Crippen molar-refractivity contribution in [2.75, 3.05) is 11.9 Å². The van der Waals surface area contributed by atoms with Crippen molar-refractivity contribution in [3.8, 4) is 17.2 Å². The van der Waals surface area contributed by atoms with E-state index in [9.17, 15) is 9.59 Å². The molecule has 6 nitrogen and oxygen atoms in total. The van der Waals surface area contributed by atoms with Crippen molar-refractivity contribution in [3.05, 3.63) is 82.4 Å². The molecule has 1 atom stereocenters. The van der Waals surface area contributed by atoms with Crippen LogP contribution in [0.25, 0.3) is 0 Å². The van der Waals surface area contributed by atoms with Crippen molar-refractivity contribution in [1.82, 2.24) is 0 Å². The highest BCUT2D eigenvalue weighted by Crippen LogP contribution is 2.44. The SMILES string of the molecule is CC(=O)Oc1c(C)c(C)c2c(c1C)CCC(C)(COc1ccc(NC(=O)CCc3ccccc3)cc1)O2. The van der Waals surface area contributed by atoms with Crippen molar-refractivity contribution < 1.29 is 23.8 Å². The van der Waals surface area contributed by atoms with Gasteiger partial charge in [-0.15, -0.1) is 0 Å². The van der Waals surface area contributed by atoms with E-state index in [1.54, 1.807) is 0 Å². The van der Waals surface area contributed by atoms with Gasteiger partial charge in [0.05, 0.1) is 0 Å². The molecule has 0 radical (unpaired) electrons. The van der Waals surface area contributed by atoms with Crippen molar-refractivity contribution >= 4 is 17.6 Å². The Morgan fingerprint density at radius 1 is 0.973 bits per heavy atom. The molecule has 0 spiro atoms. The monoisotopic (exact) mass is 501 g/mol. The van der Waals surface area contributed by atoms with Gasteiger partial charge >= 0.3 is 5.97 Å². The molecule has 0 saturated carbocycles. The van der Waals surface area contributed by atoms with E-state index in [1.165, 1.54) is 6.92 Å². The Morgan fingerprint density at radius 2 is 1.68 bits per heavy atom. The molecule has 0 aliphatic carbocycles. The number of benzene rings is 3. The molecular weight excluding hydrogens is 466 g/mol. The highest BCUT2D eigenvalue weighted by Gasteiger charge is 2.35. The minimum Gasteiger partial charge on any atom is -0.489 e. The topological polar surface area (TPSA) is 73.9 Å². The number of carbonyl (C=O) groups is 2. The summed E-state index contributed by atoms with van der Waals surface area (Å²) in [6.45, 7) is 9.80. The molecule has 0 saturated heterocycles. The van der Waals surface area contributed by atoms with Gasteiger partial charge in [-0.25, -0.2) is 0 Å². The van der Waals surface area contributed by atoms with Crippen molar-refractivity contribution in [3.63, 3.8) is 0 Å². The Bertz CT molecular complexity index is 1280. The average Bonchev–Trinajstić information content (AvgIpc) is 2.89. The zero-order valence-corrected chi connectivity index (χ0v) is 22.3. The van der Waals surface area contributed by atoms with Crippen LogP contribution in [0.3, 0.4) is 0 Å². The molecule has 1 N–H and O–H groups in total. The van der Waals surface area contributed by atoms with Gasteiger partial charge in [-0.3, -0.25) is 9.59 Å². The van der Waals surface area contributed by atoms with Gasteiger partial charge in [0.25, 0.3) is 0 Å². The first-order valence-corrected chi connectivity index (χ1v) is 12.7. The van der Waals surface area contributed by atoms with Crippen LogP contribution in [0.2, 0.25) is 0 Å². The lowest BCUT2D eigenvalue weighted by molar-refractivity contribution is -0.132. The van der Waals surface area contributed by atoms with E-state index in [0.29, 0.717) is 30.9 Å². The van der Waals surface area contributed by atoms with Crippen LogP contribution < -0.4 is 19.5 Å². The van der Waals surface area contributed by atoms with E-state index in [1.807, 2.05) is 75.4 Å². The molecule has 1 amide bonds. The quantitative estimate of drug-likeness (QED) is 0.291. The second kappa shape index (κ2) is 11.1. The van der Waals surface area contributed by atoms with E-state index in [-0.39, 0.29) is 11.9 Å². The molecule has 3 aromatic carbocycles. The number of aryl methyl sites for hydroxylation is 1. The fourth-order valence-corrected chi connectivity index (χ4v) is 4.68. The smallest absolute Gasteiger partial charge is 0.308 e. The van der Waals surface area contributed by atoms with Gasteiger partial charge in [0.2, 0.25) is 5.91 Å². The summed E-state index contributed by atoms with van der Waals surface area (Å²) in [6.07, 6.45) is 2.72. The second-order valence-electron chi connectivity index (χ2n) is 10.0. The van der Waals surface area contributed by atoms with Gasteiger partial charge < -0.3 is 19.5 Å². The van der Waals surface area contributed by atoms with Gasteiger partial charge in [-0.1, -0.05) is 30.3 Å². The van der Waals surface area contributed by atoms with Gasteiger partial charge in [0.15, 0.2) is 0 Å².